The van der Waals surface area contributed by atoms with Gasteiger partial charge in [-0.1, -0.05) is 166 Å². The predicted molar refractivity (Wildman–Crippen MR) is 227 cm³/mol. The van der Waals surface area contributed by atoms with Crippen molar-refractivity contribution in [1.82, 2.24) is 0 Å². The molecule has 0 aliphatic carbocycles. The maximum absolute atomic E-state index is 12.7. The van der Waals surface area contributed by atoms with Crippen LogP contribution in [0.4, 0.5) is 0 Å². The summed E-state index contributed by atoms with van der Waals surface area (Å²) in [6, 6.07) is 0. The molecule has 0 amide bonds. The normalized spacial score (nSPS) is 13.9. The molecule has 0 bridgehead atoms. The van der Waals surface area contributed by atoms with Crippen LogP contribution in [0.5, 0.6) is 0 Å². The highest BCUT2D eigenvalue weighted by atomic mass is 31.2. The zero-order valence-electron chi connectivity index (χ0n) is 36.1. The second kappa shape index (κ2) is 37.8. The molecule has 0 aromatic rings. The lowest BCUT2D eigenvalue weighted by Gasteiger charge is -2.28. The number of esters is 2. The van der Waals surface area contributed by atoms with Gasteiger partial charge in [-0.15, -0.1) is 0 Å². The molecule has 0 aromatic heterocycles. The number of rotatable bonds is 40. The minimum absolute atomic E-state index is 0.0374. The third kappa shape index (κ3) is 41.7. The van der Waals surface area contributed by atoms with Crippen molar-refractivity contribution in [2.24, 2.45) is 0 Å². The van der Waals surface area contributed by atoms with Crippen LogP contribution in [0.1, 0.15) is 187 Å². The molecule has 1 unspecified atom stereocenters. The topological polar surface area (TPSA) is 111 Å². The van der Waals surface area contributed by atoms with Crippen molar-refractivity contribution in [3.63, 3.8) is 0 Å². The van der Waals surface area contributed by atoms with Crippen molar-refractivity contribution in [2.45, 2.75) is 193 Å². The number of phosphoric acid groups is 1. The summed E-state index contributed by atoms with van der Waals surface area (Å²) < 4.78 is 33.8. The van der Waals surface area contributed by atoms with Gasteiger partial charge in [-0.2, -0.15) is 0 Å². The molecule has 0 fully saturated rings. The van der Waals surface area contributed by atoms with E-state index in [0.717, 1.165) is 44.9 Å². The number of carbonyl (C=O) groups is 2. The maximum Gasteiger partial charge on any atom is 0.306 e. The molecule has 0 heterocycles. The van der Waals surface area contributed by atoms with Crippen LogP contribution >= 0.6 is 7.82 Å². The lowest BCUT2D eigenvalue weighted by molar-refractivity contribution is -0.870. The van der Waals surface area contributed by atoms with E-state index in [-0.39, 0.29) is 26.1 Å². The van der Waals surface area contributed by atoms with E-state index in [1.165, 1.54) is 103 Å². The average Bonchev–Trinajstić information content (AvgIpc) is 3.13. The van der Waals surface area contributed by atoms with Crippen LogP contribution in [0.25, 0.3) is 0 Å². The van der Waals surface area contributed by atoms with E-state index in [2.05, 4.69) is 50.3 Å². The van der Waals surface area contributed by atoms with Crippen molar-refractivity contribution >= 4 is 19.8 Å². The first-order valence-electron chi connectivity index (χ1n) is 22.2. The first-order valence-corrected chi connectivity index (χ1v) is 23.7. The Balaban J connectivity index is 4.43. The van der Waals surface area contributed by atoms with Gasteiger partial charge in [0.1, 0.15) is 19.8 Å². The smallest absolute Gasteiger partial charge is 0.306 e. The van der Waals surface area contributed by atoms with Gasteiger partial charge in [0, 0.05) is 12.8 Å². The molecule has 55 heavy (non-hydrogen) atoms. The molecular formula is C45H84NO8P. The van der Waals surface area contributed by atoms with Crippen LogP contribution in [-0.2, 0) is 32.7 Å². The van der Waals surface area contributed by atoms with E-state index >= 15 is 0 Å². The average molecular weight is 798 g/mol. The van der Waals surface area contributed by atoms with Crippen LogP contribution < -0.4 is 4.89 Å². The van der Waals surface area contributed by atoms with Gasteiger partial charge in [0.2, 0.25) is 0 Å². The number of unbranched alkanes of at least 4 members (excludes halogenated alkanes) is 20. The van der Waals surface area contributed by atoms with Crippen molar-refractivity contribution < 1.29 is 42.1 Å². The van der Waals surface area contributed by atoms with E-state index in [0.29, 0.717) is 23.9 Å². The van der Waals surface area contributed by atoms with Crippen LogP contribution in [0.15, 0.2) is 36.5 Å². The third-order valence-corrected chi connectivity index (χ3v) is 10.4. The van der Waals surface area contributed by atoms with Gasteiger partial charge >= 0.3 is 11.9 Å². The minimum atomic E-state index is -4.63. The van der Waals surface area contributed by atoms with Crippen molar-refractivity contribution in [1.29, 1.82) is 0 Å². The minimum Gasteiger partial charge on any atom is -0.756 e. The summed E-state index contributed by atoms with van der Waals surface area (Å²) in [5.74, 6) is -0.891. The molecule has 0 saturated heterocycles. The maximum atomic E-state index is 12.7. The van der Waals surface area contributed by atoms with Crippen molar-refractivity contribution in [2.75, 3.05) is 47.5 Å². The van der Waals surface area contributed by atoms with E-state index in [4.69, 9.17) is 18.5 Å². The highest BCUT2D eigenvalue weighted by Crippen LogP contribution is 2.38. The van der Waals surface area contributed by atoms with Gasteiger partial charge in [0.25, 0.3) is 7.82 Å². The Kier molecular flexibility index (Phi) is 36.6. The number of quaternary nitrogens is 1. The van der Waals surface area contributed by atoms with Gasteiger partial charge < -0.3 is 27.9 Å². The second-order valence-electron chi connectivity index (χ2n) is 16.1. The molecule has 0 spiro atoms. The lowest BCUT2D eigenvalue weighted by atomic mass is 10.0. The third-order valence-electron chi connectivity index (χ3n) is 9.41. The summed E-state index contributed by atoms with van der Waals surface area (Å²) in [6.45, 7) is 4.17. The quantitative estimate of drug-likeness (QED) is 0.0198. The Labute approximate surface area is 338 Å². The van der Waals surface area contributed by atoms with Gasteiger partial charge in [-0.25, -0.2) is 0 Å². The Morgan fingerprint density at radius 2 is 1.00 bits per heavy atom. The van der Waals surface area contributed by atoms with Crippen LogP contribution in [0.2, 0.25) is 0 Å². The zero-order valence-corrected chi connectivity index (χ0v) is 37.0. The number of nitrogens with zero attached hydrogens (tertiary/aromatic N) is 1. The molecule has 0 rings (SSSR count). The number of ether oxygens (including phenoxy) is 2. The van der Waals surface area contributed by atoms with Crippen LogP contribution in [0, 0.1) is 0 Å². The molecule has 0 radical (unpaired) electrons. The van der Waals surface area contributed by atoms with Gasteiger partial charge in [-0.3, -0.25) is 14.2 Å². The van der Waals surface area contributed by atoms with E-state index in [1.807, 2.05) is 21.1 Å². The fraction of sp³-hybridized carbons (Fsp3) is 0.822. The molecule has 2 atom stereocenters. The molecule has 0 aromatic carbocycles. The molecule has 0 saturated carbocycles. The highest BCUT2D eigenvalue weighted by molar-refractivity contribution is 7.45. The highest BCUT2D eigenvalue weighted by Gasteiger charge is 2.21. The summed E-state index contributed by atoms with van der Waals surface area (Å²) in [6.07, 6.45) is 41.7. The molecule has 0 aliphatic heterocycles. The second-order valence-corrected chi connectivity index (χ2v) is 17.5. The molecule has 0 N–H and O–H groups in total. The summed E-state index contributed by atoms with van der Waals surface area (Å²) in [7, 11) is 1.14. The molecule has 322 valence electrons. The number of carbonyl (C=O) groups excluding carboxylic acids is 2. The number of hydrogen-bond donors (Lipinski definition) is 0. The SMILES string of the molecule is CCCCCCCC/C=C/C/C=C/C/C=C/CCCC(=O)OC[C@H](COP(=O)([O-])OCC[N+](C)(C)C)OC(=O)CCCCCCCCCCCCCCCC. The van der Waals surface area contributed by atoms with Crippen LogP contribution in [-0.4, -0.2) is 70.0 Å². The monoisotopic (exact) mass is 798 g/mol. The molecule has 10 heteroatoms. The molecule has 9 nitrogen and oxygen atoms in total. The summed E-state index contributed by atoms with van der Waals surface area (Å²) in [4.78, 5) is 37.5. The standard InChI is InChI=1S/C45H84NO8P/c1-6-8-10-12-14-16-18-20-22-23-24-26-27-29-31-33-35-37-44(47)51-41-43(42-53-55(49,50)52-40-39-46(3,4)5)54-45(48)38-36-34-32-30-28-25-21-19-17-15-13-11-9-7-2/h20,22,24,26,29,31,43H,6-19,21,23,25,27-28,30,32-42H2,1-5H3/b22-20+,26-24+,31-29+/t43-/m1/s1. The Bertz CT molecular complexity index is 1040. The van der Waals surface area contributed by atoms with Gasteiger partial charge in [0.15, 0.2) is 6.10 Å². The Hall–Kier alpha value is -1.77. The van der Waals surface area contributed by atoms with E-state index in [1.54, 1.807) is 0 Å². The van der Waals surface area contributed by atoms with Crippen molar-refractivity contribution in [3.8, 4) is 0 Å². The number of likely N-dealkylation sites (N-methyl/N-ethyl adjacent to an activating group) is 1. The first-order chi connectivity index (χ1) is 26.5. The van der Waals surface area contributed by atoms with Gasteiger partial charge in [0.05, 0.1) is 27.7 Å². The summed E-state index contributed by atoms with van der Waals surface area (Å²) in [5.41, 5.74) is 0. The van der Waals surface area contributed by atoms with Crippen molar-refractivity contribution in [3.05, 3.63) is 36.5 Å². The fourth-order valence-corrected chi connectivity index (χ4v) is 6.63. The van der Waals surface area contributed by atoms with Crippen LogP contribution in [0.3, 0.4) is 0 Å². The summed E-state index contributed by atoms with van der Waals surface area (Å²) in [5, 5.41) is 0. The summed E-state index contributed by atoms with van der Waals surface area (Å²) >= 11 is 0. The fourth-order valence-electron chi connectivity index (χ4n) is 5.91. The van der Waals surface area contributed by atoms with Gasteiger partial charge in [-0.05, 0) is 44.9 Å². The zero-order chi connectivity index (χ0) is 40.7. The first kappa shape index (κ1) is 53.2. The Morgan fingerprint density at radius 3 is 1.51 bits per heavy atom. The van der Waals surface area contributed by atoms with E-state index < -0.39 is 32.5 Å². The molecular weight excluding hydrogens is 713 g/mol. The lowest BCUT2D eigenvalue weighted by Crippen LogP contribution is -2.37. The number of allylic oxidation sites excluding steroid dienone is 6. The molecule has 0 aliphatic rings. The predicted octanol–water partition coefficient (Wildman–Crippen LogP) is 11.9. The Morgan fingerprint density at radius 1 is 0.564 bits per heavy atom. The largest absolute Gasteiger partial charge is 0.756 e. The van der Waals surface area contributed by atoms with E-state index in [9.17, 15) is 19.0 Å². The number of phosphoric ester groups is 1. The number of hydrogen-bond acceptors (Lipinski definition) is 8.